The molecule has 1 N–H and O–H groups in total. The summed E-state index contributed by atoms with van der Waals surface area (Å²) in [6, 6.07) is 9.79. The van der Waals surface area contributed by atoms with Crippen molar-refractivity contribution in [3.63, 3.8) is 0 Å². The van der Waals surface area contributed by atoms with E-state index in [0.717, 1.165) is 13.1 Å². The van der Waals surface area contributed by atoms with Crippen molar-refractivity contribution in [3.05, 3.63) is 24.3 Å². The summed E-state index contributed by atoms with van der Waals surface area (Å²) in [6.45, 7) is 11.5. The van der Waals surface area contributed by atoms with Gasteiger partial charge in [-0.25, -0.2) is 0 Å². The van der Waals surface area contributed by atoms with Crippen molar-refractivity contribution in [3.8, 4) is 0 Å². The molecule has 0 bridgehead atoms. The van der Waals surface area contributed by atoms with Crippen molar-refractivity contribution in [2.75, 3.05) is 36.0 Å². The van der Waals surface area contributed by atoms with Gasteiger partial charge in [0.2, 0.25) is 0 Å². The highest BCUT2D eigenvalue weighted by Gasteiger charge is 2.32. The fraction of sp³-hybridized carbons (Fsp3) is 0.667. The van der Waals surface area contributed by atoms with E-state index >= 15 is 0 Å². The Hall–Kier alpha value is -1.22. The van der Waals surface area contributed by atoms with Crippen LogP contribution in [-0.2, 0) is 0 Å². The minimum absolute atomic E-state index is 0.236. The summed E-state index contributed by atoms with van der Waals surface area (Å²) in [5, 5.41) is 3.70. The number of benzene rings is 1. The number of nitrogens with one attached hydrogen (secondary N) is 1. The molecule has 2 aliphatic rings. The highest BCUT2D eigenvalue weighted by Crippen LogP contribution is 2.28. The maximum atomic E-state index is 3.70. The van der Waals surface area contributed by atoms with E-state index < -0.39 is 0 Å². The molecule has 0 amide bonds. The fourth-order valence-electron chi connectivity index (χ4n) is 3.50. The van der Waals surface area contributed by atoms with Gasteiger partial charge in [0.1, 0.15) is 0 Å². The Kier molecular flexibility index (Phi) is 4.12. The van der Waals surface area contributed by atoms with Crippen molar-refractivity contribution in [2.45, 2.75) is 51.6 Å². The average molecular weight is 287 g/mol. The van der Waals surface area contributed by atoms with Crippen LogP contribution in [0.5, 0.6) is 0 Å². The van der Waals surface area contributed by atoms with Gasteiger partial charge in [-0.1, -0.05) is 6.92 Å². The van der Waals surface area contributed by atoms with E-state index in [9.17, 15) is 0 Å². The molecule has 0 spiro atoms. The summed E-state index contributed by atoms with van der Waals surface area (Å²) in [6.07, 6.45) is 3.85. The first-order valence-corrected chi connectivity index (χ1v) is 8.48. The third kappa shape index (κ3) is 3.03. The second-order valence-electron chi connectivity index (χ2n) is 6.98. The lowest BCUT2D eigenvalue weighted by Gasteiger charge is -2.46. The van der Waals surface area contributed by atoms with Crippen LogP contribution < -0.4 is 15.1 Å². The van der Waals surface area contributed by atoms with Gasteiger partial charge in [-0.05, 0) is 57.4 Å². The van der Waals surface area contributed by atoms with Crippen molar-refractivity contribution >= 4 is 11.4 Å². The van der Waals surface area contributed by atoms with E-state index in [1.165, 1.54) is 43.7 Å². The lowest BCUT2D eigenvalue weighted by atomic mass is 9.93. The summed E-state index contributed by atoms with van der Waals surface area (Å²) >= 11 is 0. The predicted octanol–water partition coefficient (Wildman–Crippen LogP) is 3.25. The first kappa shape index (κ1) is 14.7. The Morgan fingerprint density at radius 2 is 1.76 bits per heavy atom. The fourth-order valence-corrected chi connectivity index (χ4v) is 3.50. The molecule has 2 unspecified atom stereocenters. The molecule has 3 rings (SSSR count). The normalized spacial score (nSPS) is 30.0. The number of piperazine rings is 1. The molecule has 0 saturated carbocycles. The lowest BCUT2D eigenvalue weighted by molar-refractivity contribution is 0.285. The standard InChI is InChI=1S/C18H29N3/c1-4-18(3)14-21(15(2)13-19-18)17-9-7-16(8-10-17)20-11-5-6-12-20/h7-10,15,19H,4-6,11-14H2,1-3H3. The Labute approximate surface area is 129 Å². The van der Waals surface area contributed by atoms with Crippen LogP contribution in [0.15, 0.2) is 24.3 Å². The SMILES string of the molecule is CCC1(C)CN(c2ccc(N3CCCC3)cc2)C(C)CN1. The van der Waals surface area contributed by atoms with E-state index in [-0.39, 0.29) is 5.54 Å². The van der Waals surface area contributed by atoms with Crippen molar-refractivity contribution in [2.24, 2.45) is 0 Å². The second-order valence-corrected chi connectivity index (χ2v) is 6.98. The monoisotopic (exact) mass is 287 g/mol. The minimum atomic E-state index is 0.236. The maximum Gasteiger partial charge on any atom is 0.0387 e. The van der Waals surface area contributed by atoms with Crippen molar-refractivity contribution < 1.29 is 0 Å². The number of anilines is 2. The molecule has 2 heterocycles. The van der Waals surface area contributed by atoms with Gasteiger partial charge >= 0.3 is 0 Å². The Morgan fingerprint density at radius 1 is 1.14 bits per heavy atom. The second kappa shape index (κ2) is 5.88. The number of rotatable bonds is 3. The molecule has 0 radical (unpaired) electrons. The van der Waals surface area contributed by atoms with Gasteiger partial charge < -0.3 is 15.1 Å². The van der Waals surface area contributed by atoms with Gasteiger partial charge in [-0.2, -0.15) is 0 Å². The summed E-state index contributed by atoms with van der Waals surface area (Å²) in [7, 11) is 0. The lowest BCUT2D eigenvalue weighted by Crippen LogP contribution is -2.62. The summed E-state index contributed by atoms with van der Waals surface area (Å²) in [5.41, 5.74) is 2.99. The molecular formula is C18H29N3. The molecule has 116 valence electrons. The van der Waals surface area contributed by atoms with E-state index in [0.29, 0.717) is 6.04 Å². The van der Waals surface area contributed by atoms with Crippen LogP contribution in [0, 0.1) is 0 Å². The Balaban J connectivity index is 1.75. The van der Waals surface area contributed by atoms with Crippen LogP contribution >= 0.6 is 0 Å². The first-order valence-electron chi connectivity index (χ1n) is 8.48. The Morgan fingerprint density at radius 3 is 2.38 bits per heavy atom. The average Bonchev–Trinajstić information content (AvgIpc) is 3.05. The maximum absolute atomic E-state index is 3.70. The van der Waals surface area contributed by atoms with Crippen LogP contribution in [0.2, 0.25) is 0 Å². The summed E-state index contributed by atoms with van der Waals surface area (Å²) in [4.78, 5) is 5.06. The first-order chi connectivity index (χ1) is 10.1. The minimum Gasteiger partial charge on any atom is -0.372 e. The molecule has 2 atom stereocenters. The molecule has 1 aromatic carbocycles. The van der Waals surface area contributed by atoms with E-state index in [4.69, 9.17) is 0 Å². The number of nitrogens with zero attached hydrogens (tertiary/aromatic N) is 2. The van der Waals surface area contributed by atoms with Crippen molar-refractivity contribution in [1.29, 1.82) is 0 Å². The van der Waals surface area contributed by atoms with Gasteiger partial charge in [0.05, 0.1) is 0 Å². The Bertz CT molecular complexity index is 464. The van der Waals surface area contributed by atoms with Crippen LogP contribution in [0.25, 0.3) is 0 Å². The molecule has 0 aromatic heterocycles. The topological polar surface area (TPSA) is 18.5 Å². The van der Waals surface area contributed by atoms with E-state index in [2.05, 4.69) is 60.2 Å². The van der Waals surface area contributed by atoms with Gasteiger partial charge in [0.25, 0.3) is 0 Å². The zero-order valence-corrected chi connectivity index (χ0v) is 13.7. The molecule has 0 aliphatic carbocycles. The zero-order valence-electron chi connectivity index (χ0n) is 13.7. The van der Waals surface area contributed by atoms with E-state index in [1.54, 1.807) is 0 Å². The summed E-state index contributed by atoms with van der Waals surface area (Å²) in [5.74, 6) is 0. The van der Waals surface area contributed by atoms with Gasteiger partial charge in [0.15, 0.2) is 0 Å². The van der Waals surface area contributed by atoms with Crippen LogP contribution in [0.1, 0.15) is 40.0 Å². The van der Waals surface area contributed by atoms with Gasteiger partial charge in [0, 0.05) is 49.1 Å². The molecule has 3 nitrogen and oxygen atoms in total. The molecule has 21 heavy (non-hydrogen) atoms. The highest BCUT2D eigenvalue weighted by molar-refractivity contribution is 5.57. The molecule has 3 heteroatoms. The third-order valence-corrected chi connectivity index (χ3v) is 5.31. The van der Waals surface area contributed by atoms with Crippen LogP contribution in [-0.4, -0.2) is 37.8 Å². The number of hydrogen-bond donors (Lipinski definition) is 1. The molecular weight excluding hydrogens is 258 g/mol. The van der Waals surface area contributed by atoms with E-state index in [1.807, 2.05) is 0 Å². The zero-order chi connectivity index (χ0) is 14.9. The van der Waals surface area contributed by atoms with Gasteiger partial charge in [-0.3, -0.25) is 0 Å². The van der Waals surface area contributed by atoms with Gasteiger partial charge in [-0.15, -0.1) is 0 Å². The molecule has 2 saturated heterocycles. The van der Waals surface area contributed by atoms with Crippen LogP contribution in [0.3, 0.4) is 0 Å². The third-order valence-electron chi connectivity index (χ3n) is 5.31. The molecule has 2 aliphatic heterocycles. The quantitative estimate of drug-likeness (QED) is 0.920. The van der Waals surface area contributed by atoms with Crippen molar-refractivity contribution in [1.82, 2.24) is 5.32 Å². The van der Waals surface area contributed by atoms with Crippen LogP contribution in [0.4, 0.5) is 11.4 Å². The largest absolute Gasteiger partial charge is 0.372 e. The summed E-state index contributed by atoms with van der Waals surface area (Å²) < 4.78 is 0. The highest BCUT2D eigenvalue weighted by atomic mass is 15.3. The smallest absolute Gasteiger partial charge is 0.0387 e. The molecule has 1 aromatic rings. The molecule has 2 fully saturated rings. The number of hydrogen-bond acceptors (Lipinski definition) is 3. The predicted molar refractivity (Wildman–Crippen MR) is 91.4 cm³/mol.